The second-order valence-electron chi connectivity index (χ2n) is 9.05. The minimum atomic E-state index is -0.251. The highest BCUT2D eigenvalue weighted by atomic mass is 32.1. The van der Waals surface area contributed by atoms with E-state index in [2.05, 4.69) is 58.0 Å². The molecule has 3 aromatic carbocycles. The van der Waals surface area contributed by atoms with Crippen LogP contribution in [0.3, 0.4) is 0 Å². The average molecular weight is 482 g/mol. The Morgan fingerprint density at radius 1 is 0.886 bits per heavy atom. The SMILES string of the molecule is O=C1N[C@@H](c2ccc(OCc3ccccc3)cc2)Nc2sc3c(c21)CCN(Cc1ccccc1)C3. The Morgan fingerprint density at radius 2 is 1.60 bits per heavy atom. The molecule has 6 heteroatoms. The normalized spacial score (nSPS) is 17.1. The third-order valence-electron chi connectivity index (χ3n) is 6.62. The molecule has 0 aliphatic carbocycles. The van der Waals surface area contributed by atoms with E-state index in [1.54, 1.807) is 11.3 Å². The molecular formula is C29H27N3O2S. The summed E-state index contributed by atoms with van der Waals surface area (Å²) in [4.78, 5) is 16.9. The quantitative estimate of drug-likeness (QED) is 0.369. The van der Waals surface area contributed by atoms with Gasteiger partial charge in [-0.25, -0.2) is 0 Å². The summed E-state index contributed by atoms with van der Waals surface area (Å²) in [5.41, 5.74) is 5.51. The number of thiophene rings is 1. The van der Waals surface area contributed by atoms with Gasteiger partial charge in [0.25, 0.3) is 5.91 Å². The number of fused-ring (bicyclic) bond motifs is 3. The van der Waals surface area contributed by atoms with Crippen molar-refractivity contribution < 1.29 is 9.53 Å². The van der Waals surface area contributed by atoms with Crippen molar-refractivity contribution in [2.75, 3.05) is 11.9 Å². The molecule has 35 heavy (non-hydrogen) atoms. The fraction of sp³-hybridized carbons (Fsp3) is 0.207. The van der Waals surface area contributed by atoms with Gasteiger partial charge in [-0.05, 0) is 40.8 Å². The highest BCUT2D eigenvalue weighted by Crippen LogP contribution is 2.41. The van der Waals surface area contributed by atoms with E-state index < -0.39 is 0 Å². The van der Waals surface area contributed by atoms with E-state index in [1.165, 1.54) is 16.0 Å². The summed E-state index contributed by atoms with van der Waals surface area (Å²) in [6.45, 7) is 3.31. The summed E-state index contributed by atoms with van der Waals surface area (Å²) in [7, 11) is 0. The van der Waals surface area contributed by atoms with Gasteiger partial charge in [-0.3, -0.25) is 9.69 Å². The molecule has 1 aromatic heterocycles. The molecule has 5 nitrogen and oxygen atoms in total. The fourth-order valence-electron chi connectivity index (χ4n) is 4.81. The minimum absolute atomic E-state index is 0.0159. The summed E-state index contributed by atoms with van der Waals surface area (Å²) in [5, 5.41) is 7.71. The van der Waals surface area contributed by atoms with Gasteiger partial charge in [0.05, 0.1) is 5.56 Å². The van der Waals surface area contributed by atoms with Gasteiger partial charge in [-0.15, -0.1) is 11.3 Å². The number of nitrogens with zero attached hydrogens (tertiary/aromatic N) is 1. The predicted molar refractivity (Wildman–Crippen MR) is 140 cm³/mol. The van der Waals surface area contributed by atoms with Crippen molar-refractivity contribution in [2.24, 2.45) is 0 Å². The smallest absolute Gasteiger partial charge is 0.256 e. The first kappa shape index (κ1) is 21.9. The van der Waals surface area contributed by atoms with Crippen molar-refractivity contribution >= 4 is 22.2 Å². The Labute approximate surface area is 209 Å². The Balaban J connectivity index is 1.14. The Morgan fingerprint density at radius 3 is 2.34 bits per heavy atom. The number of amides is 1. The van der Waals surface area contributed by atoms with Crippen LogP contribution in [0.2, 0.25) is 0 Å². The standard InChI is InChI=1S/C29H27N3O2S/c33-28-26-24-15-16-32(17-20-7-3-1-4-8-20)18-25(24)35-29(26)31-27(30-28)22-11-13-23(14-12-22)34-19-21-9-5-2-6-10-21/h1-14,27,31H,15-19H2,(H,30,33)/t27-/m1/s1. The number of benzene rings is 3. The number of anilines is 1. The van der Waals surface area contributed by atoms with Gasteiger partial charge < -0.3 is 15.4 Å². The van der Waals surface area contributed by atoms with Crippen LogP contribution in [-0.2, 0) is 26.1 Å². The molecule has 1 amide bonds. The van der Waals surface area contributed by atoms with Crippen LogP contribution in [0.1, 0.15) is 43.7 Å². The predicted octanol–water partition coefficient (Wildman–Crippen LogP) is 5.74. The molecule has 176 valence electrons. The lowest BCUT2D eigenvalue weighted by Gasteiger charge is -2.28. The van der Waals surface area contributed by atoms with Crippen LogP contribution in [0, 0.1) is 0 Å². The Hall–Kier alpha value is -3.61. The zero-order chi connectivity index (χ0) is 23.6. The lowest BCUT2D eigenvalue weighted by atomic mass is 10.00. The van der Waals surface area contributed by atoms with E-state index in [9.17, 15) is 4.79 Å². The fourth-order valence-corrected chi connectivity index (χ4v) is 6.12. The molecule has 0 saturated carbocycles. The van der Waals surface area contributed by atoms with Gasteiger partial charge in [0, 0.05) is 24.5 Å². The first-order valence-electron chi connectivity index (χ1n) is 12.0. The number of rotatable bonds is 6. The number of carbonyl (C=O) groups is 1. The zero-order valence-corrected chi connectivity index (χ0v) is 20.2. The zero-order valence-electron chi connectivity index (χ0n) is 19.4. The van der Waals surface area contributed by atoms with Crippen LogP contribution < -0.4 is 15.4 Å². The number of nitrogens with one attached hydrogen (secondary N) is 2. The van der Waals surface area contributed by atoms with Crippen molar-refractivity contribution in [2.45, 2.75) is 32.3 Å². The third-order valence-corrected chi connectivity index (χ3v) is 7.77. The maximum Gasteiger partial charge on any atom is 0.256 e. The van der Waals surface area contributed by atoms with Crippen LogP contribution in [0.4, 0.5) is 5.00 Å². The molecule has 6 rings (SSSR count). The van der Waals surface area contributed by atoms with E-state index in [0.717, 1.165) is 53.5 Å². The lowest BCUT2D eigenvalue weighted by molar-refractivity contribution is 0.0934. The van der Waals surface area contributed by atoms with E-state index >= 15 is 0 Å². The van der Waals surface area contributed by atoms with E-state index in [-0.39, 0.29) is 12.1 Å². The van der Waals surface area contributed by atoms with Crippen LogP contribution in [-0.4, -0.2) is 17.4 Å². The Bertz CT molecular complexity index is 1320. The van der Waals surface area contributed by atoms with Crippen molar-refractivity contribution in [1.82, 2.24) is 10.2 Å². The third kappa shape index (κ3) is 4.67. The molecule has 2 aliphatic heterocycles. The van der Waals surface area contributed by atoms with E-state index in [0.29, 0.717) is 6.61 Å². The molecule has 2 N–H and O–H groups in total. The maximum absolute atomic E-state index is 13.1. The summed E-state index contributed by atoms with van der Waals surface area (Å²) >= 11 is 1.72. The topological polar surface area (TPSA) is 53.6 Å². The Kier molecular flexibility index (Phi) is 5.98. The molecule has 0 fully saturated rings. The van der Waals surface area contributed by atoms with Crippen LogP contribution in [0.25, 0.3) is 0 Å². The van der Waals surface area contributed by atoms with Crippen molar-refractivity contribution in [1.29, 1.82) is 0 Å². The van der Waals surface area contributed by atoms with Crippen molar-refractivity contribution in [3.05, 3.63) is 118 Å². The summed E-state index contributed by atoms with van der Waals surface area (Å²) in [6.07, 6.45) is 0.653. The molecule has 0 spiro atoms. The highest BCUT2D eigenvalue weighted by molar-refractivity contribution is 7.16. The number of carbonyl (C=O) groups excluding carboxylic acids is 1. The molecule has 0 radical (unpaired) electrons. The molecule has 4 aromatic rings. The minimum Gasteiger partial charge on any atom is -0.489 e. The van der Waals surface area contributed by atoms with Crippen molar-refractivity contribution in [3.63, 3.8) is 0 Å². The molecule has 0 bridgehead atoms. The molecule has 0 saturated heterocycles. The summed E-state index contributed by atoms with van der Waals surface area (Å²) < 4.78 is 5.91. The molecule has 1 atom stereocenters. The first-order chi connectivity index (χ1) is 17.2. The van der Waals surface area contributed by atoms with Gasteiger partial charge in [0.15, 0.2) is 0 Å². The van der Waals surface area contributed by atoms with E-state index in [4.69, 9.17) is 4.74 Å². The molecule has 0 unspecified atom stereocenters. The highest BCUT2D eigenvalue weighted by Gasteiger charge is 2.33. The summed E-state index contributed by atoms with van der Waals surface area (Å²) in [5.74, 6) is 0.827. The van der Waals surface area contributed by atoms with E-state index in [1.807, 2.05) is 42.5 Å². The van der Waals surface area contributed by atoms with Gasteiger partial charge >= 0.3 is 0 Å². The van der Waals surface area contributed by atoms with Crippen LogP contribution in [0.5, 0.6) is 5.75 Å². The lowest BCUT2D eigenvalue weighted by Crippen LogP contribution is -2.38. The number of ether oxygens (including phenoxy) is 1. The van der Waals surface area contributed by atoms with Crippen LogP contribution in [0.15, 0.2) is 84.9 Å². The molecule has 2 aliphatic rings. The van der Waals surface area contributed by atoms with Crippen LogP contribution >= 0.6 is 11.3 Å². The van der Waals surface area contributed by atoms with Gasteiger partial charge in [-0.1, -0.05) is 72.8 Å². The van der Waals surface area contributed by atoms with Gasteiger partial charge in [0.1, 0.15) is 23.5 Å². The second-order valence-corrected chi connectivity index (χ2v) is 10.2. The first-order valence-corrected chi connectivity index (χ1v) is 12.8. The molecular weight excluding hydrogens is 454 g/mol. The summed E-state index contributed by atoms with van der Waals surface area (Å²) in [6, 6.07) is 28.6. The van der Waals surface area contributed by atoms with Crippen molar-refractivity contribution in [3.8, 4) is 5.75 Å². The largest absolute Gasteiger partial charge is 0.489 e. The van der Waals surface area contributed by atoms with Gasteiger partial charge in [0.2, 0.25) is 0 Å². The second kappa shape index (κ2) is 9.56. The average Bonchev–Trinajstić information content (AvgIpc) is 3.27. The number of hydrogen-bond acceptors (Lipinski definition) is 5. The maximum atomic E-state index is 13.1. The number of hydrogen-bond donors (Lipinski definition) is 2. The van der Waals surface area contributed by atoms with Gasteiger partial charge in [-0.2, -0.15) is 0 Å². The monoisotopic (exact) mass is 481 g/mol. The molecule has 3 heterocycles.